The summed E-state index contributed by atoms with van der Waals surface area (Å²) in [6, 6.07) is 4.92. The maximum Gasteiger partial charge on any atom is 0.338 e. The Bertz CT molecular complexity index is 685. The molecule has 0 amide bonds. The molecule has 0 bridgehead atoms. The zero-order valence-electron chi connectivity index (χ0n) is 11.7. The van der Waals surface area contributed by atoms with Crippen LogP contribution in [0, 0.1) is 6.92 Å². The molecule has 0 radical (unpaired) electrons. The van der Waals surface area contributed by atoms with Crippen LogP contribution in [0.2, 0.25) is 5.02 Å². The summed E-state index contributed by atoms with van der Waals surface area (Å²) in [4.78, 5) is 12.0. The number of nitrogens with zero attached hydrogens (tertiary/aromatic N) is 2. The summed E-state index contributed by atoms with van der Waals surface area (Å²) in [5.41, 5.74) is 8.04. The van der Waals surface area contributed by atoms with Crippen molar-refractivity contribution in [3.05, 3.63) is 44.6 Å². The van der Waals surface area contributed by atoms with E-state index < -0.39 is 5.97 Å². The van der Waals surface area contributed by atoms with E-state index in [1.54, 1.807) is 22.9 Å². The van der Waals surface area contributed by atoms with Crippen LogP contribution in [-0.2, 0) is 17.9 Å². The first-order valence-corrected chi connectivity index (χ1v) is 7.55. The number of benzene rings is 1. The van der Waals surface area contributed by atoms with Crippen LogP contribution >= 0.6 is 27.5 Å². The molecule has 2 rings (SSSR count). The van der Waals surface area contributed by atoms with Gasteiger partial charge in [-0.1, -0.05) is 11.6 Å². The summed E-state index contributed by atoms with van der Waals surface area (Å²) in [6.07, 6.45) is 0. The van der Waals surface area contributed by atoms with Gasteiger partial charge in [0.05, 0.1) is 22.0 Å². The molecule has 1 heterocycles. The number of aryl methyl sites for hydroxylation is 2. The molecule has 2 N–H and O–H groups in total. The van der Waals surface area contributed by atoms with Crippen LogP contribution in [0.3, 0.4) is 0 Å². The van der Waals surface area contributed by atoms with Crippen molar-refractivity contribution in [1.29, 1.82) is 0 Å². The highest BCUT2D eigenvalue weighted by Gasteiger charge is 2.15. The van der Waals surface area contributed by atoms with Gasteiger partial charge in [0.2, 0.25) is 0 Å². The number of rotatable bonds is 4. The Morgan fingerprint density at radius 1 is 1.52 bits per heavy atom. The van der Waals surface area contributed by atoms with Crippen molar-refractivity contribution in [2.45, 2.75) is 27.0 Å². The van der Waals surface area contributed by atoms with Gasteiger partial charge < -0.3 is 10.5 Å². The van der Waals surface area contributed by atoms with E-state index in [1.807, 2.05) is 13.8 Å². The number of carbonyl (C=O) groups is 1. The maximum absolute atomic E-state index is 12.0. The maximum atomic E-state index is 12.0. The minimum absolute atomic E-state index is 0.0717. The molecule has 21 heavy (non-hydrogen) atoms. The van der Waals surface area contributed by atoms with Crippen molar-refractivity contribution < 1.29 is 9.53 Å². The number of nitrogens with two attached hydrogens (primary N) is 1. The lowest BCUT2D eigenvalue weighted by molar-refractivity contribution is 0.0462. The molecular weight excluding hydrogens is 358 g/mol. The fraction of sp³-hybridized carbons (Fsp3) is 0.286. The van der Waals surface area contributed by atoms with Crippen molar-refractivity contribution >= 4 is 39.2 Å². The van der Waals surface area contributed by atoms with E-state index >= 15 is 0 Å². The van der Waals surface area contributed by atoms with Crippen molar-refractivity contribution in [1.82, 2.24) is 9.78 Å². The Balaban J connectivity index is 2.12. The number of nitrogen functional groups attached to an aromatic ring is 1. The third-order valence-electron chi connectivity index (χ3n) is 3.02. The Morgan fingerprint density at radius 3 is 2.86 bits per heavy atom. The second kappa shape index (κ2) is 6.49. The minimum Gasteiger partial charge on any atom is -0.456 e. The molecule has 0 unspecified atom stereocenters. The first kappa shape index (κ1) is 15.9. The molecule has 1 aromatic heterocycles. The summed E-state index contributed by atoms with van der Waals surface area (Å²) in [5, 5.41) is 4.80. The number of esters is 1. The van der Waals surface area contributed by atoms with Gasteiger partial charge in [0.15, 0.2) is 0 Å². The first-order valence-electron chi connectivity index (χ1n) is 6.38. The van der Waals surface area contributed by atoms with Crippen LogP contribution in [0.5, 0.6) is 0 Å². The third kappa shape index (κ3) is 3.39. The van der Waals surface area contributed by atoms with Gasteiger partial charge in [-0.15, -0.1) is 0 Å². The standard InChI is InChI=1S/C14H15BrClN3O2/c1-3-19-12(13(16)8(2)18-19)7-21-14(20)9-4-5-10(15)11(17)6-9/h4-6H,3,7,17H2,1-2H3. The van der Waals surface area contributed by atoms with Gasteiger partial charge in [0, 0.05) is 16.7 Å². The Hall–Kier alpha value is -1.53. The van der Waals surface area contributed by atoms with Gasteiger partial charge in [0.25, 0.3) is 0 Å². The van der Waals surface area contributed by atoms with E-state index in [0.717, 1.165) is 10.2 Å². The van der Waals surface area contributed by atoms with Crippen LogP contribution in [0.15, 0.2) is 22.7 Å². The van der Waals surface area contributed by atoms with Gasteiger partial charge in [-0.25, -0.2) is 4.79 Å². The monoisotopic (exact) mass is 371 g/mol. The number of anilines is 1. The van der Waals surface area contributed by atoms with Gasteiger partial charge in [-0.3, -0.25) is 4.68 Å². The van der Waals surface area contributed by atoms with Crippen molar-refractivity contribution in [2.24, 2.45) is 0 Å². The average molecular weight is 373 g/mol. The lowest BCUT2D eigenvalue weighted by atomic mass is 10.2. The molecule has 0 saturated carbocycles. The van der Waals surface area contributed by atoms with Gasteiger partial charge in [-0.05, 0) is 48.0 Å². The van der Waals surface area contributed by atoms with E-state index in [1.165, 1.54) is 0 Å². The molecule has 5 nitrogen and oxygen atoms in total. The topological polar surface area (TPSA) is 70.1 Å². The van der Waals surface area contributed by atoms with Crippen molar-refractivity contribution in [2.75, 3.05) is 5.73 Å². The molecule has 0 saturated heterocycles. The Morgan fingerprint density at radius 2 is 2.24 bits per heavy atom. The van der Waals surface area contributed by atoms with Crippen LogP contribution < -0.4 is 5.73 Å². The average Bonchev–Trinajstić information content (AvgIpc) is 2.74. The van der Waals surface area contributed by atoms with E-state index in [4.69, 9.17) is 22.1 Å². The lowest BCUT2D eigenvalue weighted by Gasteiger charge is -2.08. The molecule has 7 heteroatoms. The van der Waals surface area contributed by atoms with Gasteiger partial charge in [0.1, 0.15) is 6.61 Å². The fourth-order valence-electron chi connectivity index (χ4n) is 1.89. The largest absolute Gasteiger partial charge is 0.456 e. The molecule has 0 spiro atoms. The zero-order valence-corrected chi connectivity index (χ0v) is 14.0. The second-order valence-corrected chi connectivity index (χ2v) is 5.71. The minimum atomic E-state index is -0.452. The summed E-state index contributed by atoms with van der Waals surface area (Å²) in [7, 11) is 0. The van der Waals surface area contributed by atoms with Crippen molar-refractivity contribution in [3.8, 4) is 0 Å². The zero-order chi connectivity index (χ0) is 15.6. The highest BCUT2D eigenvalue weighted by atomic mass is 79.9. The SMILES string of the molecule is CCn1nc(C)c(Cl)c1COC(=O)c1ccc(Br)c(N)c1. The van der Waals surface area contributed by atoms with Crippen LogP contribution in [0.25, 0.3) is 0 Å². The number of aromatic nitrogens is 2. The second-order valence-electron chi connectivity index (χ2n) is 4.47. The van der Waals surface area contributed by atoms with Crippen LogP contribution in [0.1, 0.15) is 28.7 Å². The Kier molecular flexibility index (Phi) is 4.90. The van der Waals surface area contributed by atoms with Crippen molar-refractivity contribution in [3.63, 3.8) is 0 Å². The highest BCUT2D eigenvalue weighted by Crippen LogP contribution is 2.23. The molecule has 0 atom stereocenters. The Labute approximate surface area is 136 Å². The lowest BCUT2D eigenvalue weighted by Crippen LogP contribution is -2.10. The fourth-order valence-corrected chi connectivity index (χ4v) is 2.33. The number of carbonyl (C=O) groups excluding carboxylic acids is 1. The quantitative estimate of drug-likeness (QED) is 0.658. The molecular formula is C14H15BrClN3O2. The number of ether oxygens (including phenoxy) is 1. The molecule has 112 valence electrons. The van der Waals surface area contributed by atoms with E-state index in [0.29, 0.717) is 28.5 Å². The van der Waals surface area contributed by atoms with E-state index in [2.05, 4.69) is 21.0 Å². The molecule has 0 aliphatic heterocycles. The van der Waals surface area contributed by atoms with Gasteiger partial charge in [-0.2, -0.15) is 5.10 Å². The molecule has 2 aromatic rings. The molecule has 0 aliphatic carbocycles. The van der Waals surface area contributed by atoms with Gasteiger partial charge >= 0.3 is 5.97 Å². The summed E-state index contributed by atoms with van der Waals surface area (Å²) in [6.45, 7) is 4.49. The summed E-state index contributed by atoms with van der Waals surface area (Å²) < 4.78 is 7.75. The molecule has 0 aliphatic rings. The highest BCUT2D eigenvalue weighted by molar-refractivity contribution is 9.10. The smallest absolute Gasteiger partial charge is 0.338 e. The predicted molar refractivity (Wildman–Crippen MR) is 85.3 cm³/mol. The normalized spacial score (nSPS) is 10.7. The number of hydrogen-bond acceptors (Lipinski definition) is 4. The van der Waals surface area contributed by atoms with E-state index in [-0.39, 0.29) is 6.61 Å². The van der Waals surface area contributed by atoms with E-state index in [9.17, 15) is 4.79 Å². The predicted octanol–water partition coefficient (Wildman–Crippen LogP) is 3.57. The molecule has 0 fully saturated rings. The van der Waals surface area contributed by atoms with Crippen LogP contribution in [-0.4, -0.2) is 15.7 Å². The first-order chi connectivity index (χ1) is 9.93. The molecule has 1 aromatic carbocycles. The number of hydrogen-bond donors (Lipinski definition) is 1. The van der Waals surface area contributed by atoms with Crippen LogP contribution in [0.4, 0.5) is 5.69 Å². The third-order valence-corrected chi connectivity index (χ3v) is 4.24. The summed E-state index contributed by atoms with van der Waals surface area (Å²) in [5.74, 6) is -0.452. The number of halogens is 2. The summed E-state index contributed by atoms with van der Waals surface area (Å²) >= 11 is 9.45.